The lowest BCUT2D eigenvalue weighted by atomic mass is 10.2. The Balaban J connectivity index is 2.51. The summed E-state index contributed by atoms with van der Waals surface area (Å²) in [6.45, 7) is 1.96. The molecule has 0 atom stereocenters. The van der Waals surface area contributed by atoms with Crippen molar-refractivity contribution >= 4 is 11.5 Å². The molecule has 0 bridgehead atoms. The maximum atomic E-state index is 10.8. The van der Waals surface area contributed by atoms with Gasteiger partial charge >= 0.3 is 0 Å². The van der Waals surface area contributed by atoms with Crippen LogP contribution in [0.15, 0.2) is 30.3 Å². The van der Waals surface area contributed by atoms with Crippen LogP contribution in [0.4, 0.5) is 11.5 Å². The van der Waals surface area contributed by atoms with Crippen LogP contribution in [0.3, 0.4) is 0 Å². The summed E-state index contributed by atoms with van der Waals surface area (Å²) < 4.78 is 0. The van der Waals surface area contributed by atoms with Gasteiger partial charge in [0.15, 0.2) is 5.82 Å². The van der Waals surface area contributed by atoms with Gasteiger partial charge in [-0.2, -0.15) is 0 Å². The highest BCUT2D eigenvalue weighted by atomic mass is 16.6. The molecule has 0 aliphatic rings. The van der Waals surface area contributed by atoms with Crippen LogP contribution in [-0.4, -0.2) is 14.9 Å². The number of nitrogens with two attached hydrogens (primary N) is 1. The minimum absolute atomic E-state index is 0.00487. The van der Waals surface area contributed by atoms with Gasteiger partial charge in [0.1, 0.15) is 5.82 Å². The maximum absolute atomic E-state index is 10.8. The van der Waals surface area contributed by atoms with Crippen molar-refractivity contribution in [1.82, 2.24) is 9.97 Å². The van der Waals surface area contributed by atoms with Gasteiger partial charge in [0.05, 0.1) is 4.92 Å². The Morgan fingerprint density at radius 2 is 2.16 bits per heavy atom. The number of aryl methyl sites for hydroxylation is 1. The largest absolute Gasteiger partial charge is 0.308 e. The number of nitro groups is 1. The molecule has 0 spiro atoms. The predicted octanol–water partition coefficient (Wildman–Crippen LogP) is 1.90. The van der Waals surface area contributed by atoms with Crippen molar-refractivity contribution < 1.29 is 4.92 Å². The fourth-order valence-corrected chi connectivity index (χ4v) is 1.64. The van der Waals surface area contributed by atoms with Gasteiger partial charge in [-0.05, 0) is 6.42 Å². The number of nitrogens with zero attached hydrogens (tertiary/aromatic N) is 3. The molecule has 0 radical (unpaired) electrons. The van der Waals surface area contributed by atoms with Gasteiger partial charge in [0.2, 0.25) is 0 Å². The van der Waals surface area contributed by atoms with E-state index in [0.29, 0.717) is 17.2 Å². The van der Waals surface area contributed by atoms with Gasteiger partial charge in [-0.1, -0.05) is 19.1 Å². The summed E-state index contributed by atoms with van der Waals surface area (Å²) in [5.41, 5.74) is 3.86. The monoisotopic (exact) mass is 259 g/mol. The van der Waals surface area contributed by atoms with Crippen molar-refractivity contribution in [2.75, 3.05) is 5.43 Å². The van der Waals surface area contributed by atoms with Crippen LogP contribution in [0.25, 0.3) is 11.4 Å². The molecule has 7 heteroatoms. The van der Waals surface area contributed by atoms with Crippen molar-refractivity contribution in [1.29, 1.82) is 0 Å². The third-order valence-electron chi connectivity index (χ3n) is 2.60. The molecule has 98 valence electrons. The number of aromatic nitrogens is 2. The first-order valence-electron chi connectivity index (χ1n) is 5.73. The van der Waals surface area contributed by atoms with E-state index < -0.39 is 4.92 Å². The molecular weight excluding hydrogens is 246 g/mol. The maximum Gasteiger partial charge on any atom is 0.270 e. The fraction of sp³-hybridized carbons (Fsp3) is 0.167. The van der Waals surface area contributed by atoms with E-state index in [1.54, 1.807) is 18.2 Å². The van der Waals surface area contributed by atoms with Crippen LogP contribution in [0.5, 0.6) is 0 Å². The summed E-state index contributed by atoms with van der Waals surface area (Å²) in [6.07, 6.45) is 0.721. The van der Waals surface area contributed by atoms with Crippen LogP contribution in [0, 0.1) is 10.1 Å². The molecule has 1 aromatic carbocycles. The second-order valence-electron chi connectivity index (χ2n) is 3.87. The minimum atomic E-state index is -0.449. The Morgan fingerprint density at radius 1 is 1.37 bits per heavy atom. The van der Waals surface area contributed by atoms with E-state index in [-0.39, 0.29) is 5.69 Å². The number of nitrogens with one attached hydrogen (secondary N) is 1. The molecule has 3 N–H and O–H groups in total. The number of hydrogen-bond donors (Lipinski definition) is 2. The lowest BCUT2D eigenvalue weighted by Crippen LogP contribution is -2.10. The number of anilines is 1. The first-order valence-corrected chi connectivity index (χ1v) is 5.73. The number of rotatable bonds is 4. The zero-order valence-electron chi connectivity index (χ0n) is 10.3. The summed E-state index contributed by atoms with van der Waals surface area (Å²) in [6, 6.07) is 7.93. The first kappa shape index (κ1) is 12.9. The number of hydrazine groups is 1. The third kappa shape index (κ3) is 2.83. The summed E-state index contributed by atoms with van der Waals surface area (Å²) >= 11 is 0. The van der Waals surface area contributed by atoms with Gasteiger partial charge in [0, 0.05) is 29.5 Å². The highest BCUT2D eigenvalue weighted by Gasteiger charge is 2.10. The van der Waals surface area contributed by atoms with E-state index in [9.17, 15) is 10.1 Å². The zero-order chi connectivity index (χ0) is 13.8. The molecule has 2 rings (SSSR count). The Kier molecular flexibility index (Phi) is 3.67. The molecule has 0 fully saturated rings. The third-order valence-corrected chi connectivity index (χ3v) is 2.60. The molecule has 0 saturated carbocycles. The molecule has 0 aliphatic carbocycles. The summed E-state index contributed by atoms with van der Waals surface area (Å²) in [7, 11) is 0. The molecule has 0 aliphatic heterocycles. The van der Waals surface area contributed by atoms with Crippen LogP contribution < -0.4 is 11.3 Å². The number of hydrogen-bond acceptors (Lipinski definition) is 6. The summed E-state index contributed by atoms with van der Waals surface area (Å²) in [5, 5.41) is 10.8. The summed E-state index contributed by atoms with van der Waals surface area (Å²) in [4.78, 5) is 18.9. The van der Waals surface area contributed by atoms with E-state index in [0.717, 1.165) is 12.1 Å². The molecule has 0 amide bonds. The molecule has 0 saturated heterocycles. The van der Waals surface area contributed by atoms with Crippen molar-refractivity contribution in [3.05, 3.63) is 46.1 Å². The molecule has 0 unspecified atom stereocenters. The lowest BCUT2D eigenvalue weighted by molar-refractivity contribution is -0.384. The number of benzene rings is 1. The fourth-order valence-electron chi connectivity index (χ4n) is 1.64. The Labute approximate surface area is 109 Å². The Hall–Kier alpha value is -2.54. The van der Waals surface area contributed by atoms with E-state index in [4.69, 9.17) is 5.84 Å². The Morgan fingerprint density at radius 3 is 2.79 bits per heavy atom. The number of non-ortho nitro benzene ring substituents is 1. The molecule has 2 aromatic rings. The standard InChI is InChI=1S/C12H13N5O2/c1-2-9-7-11(16-13)15-12(14-9)8-4-3-5-10(6-8)17(18)19/h3-7H,2,13H2,1H3,(H,14,15,16). The van der Waals surface area contributed by atoms with Crippen molar-refractivity contribution in [2.45, 2.75) is 13.3 Å². The van der Waals surface area contributed by atoms with Crippen molar-refractivity contribution in [3.8, 4) is 11.4 Å². The SMILES string of the molecule is CCc1cc(NN)nc(-c2cccc([N+](=O)[O-])c2)n1. The predicted molar refractivity (Wildman–Crippen MR) is 71.3 cm³/mol. The average molecular weight is 259 g/mol. The summed E-state index contributed by atoms with van der Waals surface area (Å²) in [5.74, 6) is 6.24. The van der Waals surface area contributed by atoms with Crippen LogP contribution in [0.1, 0.15) is 12.6 Å². The molecule has 1 aromatic heterocycles. The topological polar surface area (TPSA) is 107 Å². The van der Waals surface area contributed by atoms with Gasteiger partial charge in [-0.15, -0.1) is 0 Å². The second kappa shape index (κ2) is 5.40. The molecule has 19 heavy (non-hydrogen) atoms. The van der Waals surface area contributed by atoms with Gasteiger partial charge in [-0.3, -0.25) is 10.1 Å². The van der Waals surface area contributed by atoms with Crippen molar-refractivity contribution in [3.63, 3.8) is 0 Å². The van der Waals surface area contributed by atoms with Crippen LogP contribution >= 0.6 is 0 Å². The minimum Gasteiger partial charge on any atom is -0.308 e. The highest BCUT2D eigenvalue weighted by Crippen LogP contribution is 2.22. The van der Waals surface area contributed by atoms with Gasteiger partial charge in [0.25, 0.3) is 5.69 Å². The van der Waals surface area contributed by atoms with Crippen LogP contribution in [-0.2, 0) is 6.42 Å². The van der Waals surface area contributed by atoms with E-state index in [1.807, 2.05) is 6.92 Å². The Bertz CT molecular complexity index is 593. The van der Waals surface area contributed by atoms with Gasteiger partial charge in [-0.25, -0.2) is 15.8 Å². The number of nitrogen functional groups attached to an aromatic ring is 1. The van der Waals surface area contributed by atoms with Crippen LogP contribution in [0.2, 0.25) is 0 Å². The smallest absolute Gasteiger partial charge is 0.270 e. The van der Waals surface area contributed by atoms with E-state index in [2.05, 4.69) is 15.4 Å². The molecule has 1 heterocycles. The van der Waals surface area contributed by atoms with E-state index >= 15 is 0 Å². The lowest BCUT2D eigenvalue weighted by Gasteiger charge is -2.06. The number of nitro benzene ring substituents is 1. The van der Waals surface area contributed by atoms with Gasteiger partial charge < -0.3 is 5.43 Å². The van der Waals surface area contributed by atoms with E-state index in [1.165, 1.54) is 12.1 Å². The zero-order valence-corrected chi connectivity index (χ0v) is 10.3. The first-order chi connectivity index (χ1) is 9.13. The highest BCUT2D eigenvalue weighted by molar-refractivity contribution is 5.61. The molecule has 7 nitrogen and oxygen atoms in total. The molecular formula is C12H13N5O2. The quantitative estimate of drug-likeness (QED) is 0.493. The average Bonchev–Trinajstić information content (AvgIpc) is 2.46. The second-order valence-corrected chi connectivity index (χ2v) is 3.87. The normalized spacial score (nSPS) is 10.2. The van der Waals surface area contributed by atoms with Crippen molar-refractivity contribution in [2.24, 2.45) is 5.84 Å².